The molecule has 1 aromatic carbocycles. The van der Waals surface area contributed by atoms with Gasteiger partial charge < -0.3 is 0 Å². The average molecular weight is 212 g/mol. The van der Waals surface area contributed by atoms with E-state index in [0.29, 0.717) is 12.8 Å². The number of benzene rings is 1. The third-order valence-corrected chi connectivity index (χ3v) is 3.75. The van der Waals surface area contributed by atoms with Gasteiger partial charge in [0, 0.05) is 0 Å². The first-order chi connectivity index (χ1) is 6.54. The summed E-state index contributed by atoms with van der Waals surface area (Å²) < 4.78 is 18.7. The lowest BCUT2D eigenvalue weighted by molar-refractivity contribution is 0.652. The second kappa shape index (κ2) is 4.57. The van der Waals surface area contributed by atoms with E-state index >= 15 is 0 Å². The summed E-state index contributed by atoms with van der Waals surface area (Å²) in [6.07, 6.45) is 1.30. The quantitative estimate of drug-likeness (QED) is 0.786. The molecule has 0 radical (unpaired) electrons. The summed E-state index contributed by atoms with van der Waals surface area (Å²) in [7, 11) is -2.91. The first kappa shape index (κ1) is 11.2. The zero-order valence-electron chi connectivity index (χ0n) is 8.27. The Kier molecular flexibility index (Phi) is 3.66. The normalized spacial score (nSPS) is 17.3. The van der Waals surface area contributed by atoms with Crippen LogP contribution in [0.5, 0.6) is 0 Å². The van der Waals surface area contributed by atoms with Gasteiger partial charge >= 0.3 is 0 Å². The van der Waals surface area contributed by atoms with Crippen molar-refractivity contribution in [2.75, 3.05) is 0 Å². The van der Waals surface area contributed by atoms with Gasteiger partial charge in [-0.1, -0.05) is 37.3 Å². The van der Waals surface area contributed by atoms with Crippen molar-refractivity contribution < 1.29 is 4.21 Å². The molecule has 0 heterocycles. The van der Waals surface area contributed by atoms with Crippen LogP contribution in [-0.4, -0.2) is 9.46 Å². The van der Waals surface area contributed by atoms with Gasteiger partial charge in [0.2, 0.25) is 0 Å². The Morgan fingerprint density at radius 2 is 2.00 bits per heavy atom. The SMILES string of the molecule is CCC(Cc1ccccc1)S(=N)(N)=O. The van der Waals surface area contributed by atoms with Gasteiger partial charge in [-0.05, 0) is 18.4 Å². The minimum absolute atomic E-state index is 0.245. The molecule has 3 N–H and O–H groups in total. The summed E-state index contributed by atoms with van der Waals surface area (Å²) >= 11 is 0. The topological polar surface area (TPSA) is 66.9 Å². The Hall–Kier alpha value is -0.870. The van der Waals surface area contributed by atoms with Crippen LogP contribution in [0.15, 0.2) is 30.3 Å². The van der Waals surface area contributed by atoms with Crippen LogP contribution in [0.1, 0.15) is 18.9 Å². The number of nitrogens with one attached hydrogen (secondary N) is 1. The lowest BCUT2D eigenvalue weighted by atomic mass is 10.1. The summed E-state index contributed by atoms with van der Waals surface area (Å²) in [6, 6.07) is 9.74. The molecular formula is C10H16N2OS. The zero-order valence-corrected chi connectivity index (χ0v) is 9.09. The van der Waals surface area contributed by atoms with Gasteiger partial charge in [0.25, 0.3) is 0 Å². The number of nitrogens with two attached hydrogens (primary N) is 1. The zero-order chi connectivity index (χ0) is 10.6. The molecule has 0 aromatic heterocycles. The molecule has 2 unspecified atom stereocenters. The van der Waals surface area contributed by atoms with Crippen molar-refractivity contribution in [3.8, 4) is 0 Å². The molecule has 0 bridgehead atoms. The van der Waals surface area contributed by atoms with Gasteiger partial charge in [0.1, 0.15) is 9.92 Å². The lowest BCUT2D eigenvalue weighted by Crippen LogP contribution is -2.28. The average Bonchev–Trinajstić information content (AvgIpc) is 2.14. The lowest BCUT2D eigenvalue weighted by Gasteiger charge is -2.14. The third kappa shape index (κ3) is 3.12. The third-order valence-electron chi connectivity index (χ3n) is 2.26. The fraction of sp³-hybridized carbons (Fsp3) is 0.400. The standard InChI is InChI=1S/C10H16N2OS/c1-2-10(14(11,12)13)8-9-6-4-3-5-7-9/h3-7,10H,2,8H2,1H3,(H3,11,12,13). The molecule has 0 spiro atoms. The summed E-state index contributed by atoms with van der Waals surface area (Å²) in [5, 5.41) is 5.09. The second-order valence-electron chi connectivity index (χ2n) is 3.37. The van der Waals surface area contributed by atoms with E-state index < -0.39 is 9.92 Å². The summed E-state index contributed by atoms with van der Waals surface area (Å²) in [6.45, 7) is 1.91. The molecule has 1 rings (SSSR count). The highest BCUT2D eigenvalue weighted by molar-refractivity contribution is 7.90. The van der Waals surface area contributed by atoms with Crippen molar-refractivity contribution in [1.82, 2.24) is 0 Å². The fourth-order valence-electron chi connectivity index (χ4n) is 1.39. The summed E-state index contributed by atoms with van der Waals surface area (Å²) in [5.41, 5.74) is 1.09. The van der Waals surface area contributed by atoms with E-state index in [1.807, 2.05) is 37.3 Å². The molecular weight excluding hydrogens is 196 g/mol. The molecule has 3 nitrogen and oxygen atoms in total. The summed E-state index contributed by atoms with van der Waals surface area (Å²) in [4.78, 5) is 0. The van der Waals surface area contributed by atoms with Crippen molar-refractivity contribution in [2.24, 2.45) is 5.14 Å². The minimum Gasteiger partial charge on any atom is -0.245 e. The maximum Gasteiger partial charge on any atom is 0.105 e. The highest BCUT2D eigenvalue weighted by Gasteiger charge is 2.15. The van der Waals surface area contributed by atoms with Gasteiger partial charge in [-0.3, -0.25) is 0 Å². The van der Waals surface area contributed by atoms with E-state index in [0.717, 1.165) is 5.56 Å². The molecule has 2 atom stereocenters. The van der Waals surface area contributed by atoms with Crippen LogP contribution < -0.4 is 5.14 Å². The van der Waals surface area contributed by atoms with Crippen LogP contribution in [0.3, 0.4) is 0 Å². The second-order valence-corrected chi connectivity index (χ2v) is 5.33. The van der Waals surface area contributed by atoms with Crippen molar-refractivity contribution in [3.63, 3.8) is 0 Å². The monoisotopic (exact) mass is 212 g/mol. The largest absolute Gasteiger partial charge is 0.245 e. The molecule has 0 saturated carbocycles. The van der Waals surface area contributed by atoms with Gasteiger partial charge in [-0.15, -0.1) is 0 Å². The molecule has 0 aliphatic rings. The molecule has 0 amide bonds. The van der Waals surface area contributed by atoms with Gasteiger partial charge in [0.15, 0.2) is 0 Å². The van der Waals surface area contributed by atoms with Crippen LogP contribution in [0.2, 0.25) is 0 Å². The summed E-state index contributed by atoms with van der Waals surface area (Å²) in [5.74, 6) is 0. The van der Waals surface area contributed by atoms with E-state index in [2.05, 4.69) is 0 Å². The van der Waals surface area contributed by atoms with E-state index in [-0.39, 0.29) is 5.25 Å². The van der Waals surface area contributed by atoms with Crippen molar-refractivity contribution in [1.29, 1.82) is 4.78 Å². The van der Waals surface area contributed by atoms with E-state index in [1.54, 1.807) is 0 Å². The minimum atomic E-state index is -2.91. The van der Waals surface area contributed by atoms with Crippen LogP contribution in [-0.2, 0) is 16.3 Å². The molecule has 4 heteroatoms. The smallest absolute Gasteiger partial charge is 0.105 e. The maximum atomic E-state index is 11.4. The Bertz CT molecular complexity index is 372. The van der Waals surface area contributed by atoms with Crippen LogP contribution >= 0.6 is 0 Å². The van der Waals surface area contributed by atoms with Crippen molar-refractivity contribution >= 4 is 9.92 Å². The highest BCUT2D eigenvalue weighted by Crippen LogP contribution is 2.11. The Morgan fingerprint density at radius 1 is 1.43 bits per heavy atom. The van der Waals surface area contributed by atoms with Crippen LogP contribution in [0.25, 0.3) is 0 Å². The Labute approximate surface area is 85.4 Å². The molecule has 78 valence electrons. The van der Waals surface area contributed by atoms with Crippen molar-refractivity contribution in [3.05, 3.63) is 35.9 Å². The van der Waals surface area contributed by atoms with Gasteiger partial charge in [-0.25, -0.2) is 14.1 Å². The molecule has 1 aromatic rings. The molecule has 0 saturated heterocycles. The van der Waals surface area contributed by atoms with E-state index in [4.69, 9.17) is 9.92 Å². The first-order valence-corrected chi connectivity index (χ1v) is 6.31. The Morgan fingerprint density at radius 3 is 2.43 bits per heavy atom. The predicted octanol–water partition coefficient (Wildman–Crippen LogP) is 1.93. The van der Waals surface area contributed by atoms with Crippen molar-refractivity contribution in [2.45, 2.75) is 25.0 Å². The van der Waals surface area contributed by atoms with E-state index in [1.165, 1.54) is 0 Å². The number of hydrogen-bond donors (Lipinski definition) is 2. The van der Waals surface area contributed by atoms with Crippen LogP contribution in [0, 0.1) is 4.78 Å². The van der Waals surface area contributed by atoms with Gasteiger partial charge in [-0.2, -0.15) is 0 Å². The van der Waals surface area contributed by atoms with Crippen LogP contribution in [0.4, 0.5) is 0 Å². The molecule has 0 fully saturated rings. The fourth-order valence-corrected chi connectivity index (χ4v) is 2.33. The van der Waals surface area contributed by atoms with E-state index in [9.17, 15) is 4.21 Å². The molecule has 0 aliphatic carbocycles. The predicted molar refractivity (Wildman–Crippen MR) is 59.3 cm³/mol. The highest BCUT2D eigenvalue weighted by atomic mass is 32.2. The number of rotatable bonds is 4. The number of hydrogen-bond acceptors (Lipinski definition) is 2. The maximum absolute atomic E-state index is 11.4. The molecule has 14 heavy (non-hydrogen) atoms. The Balaban J connectivity index is 2.77. The first-order valence-electron chi connectivity index (χ1n) is 4.63. The molecule has 0 aliphatic heterocycles. The van der Waals surface area contributed by atoms with Gasteiger partial charge in [0.05, 0.1) is 5.25 Å².